The number of hydrogen-bond donors (Lipinski definition) is 0. The molecule has 1 aromatic carbocycles. The number of nitrogens with zero attached hydrogens (tertiary/aromatic N) is 1. The van der Waals surface area contributed by atoms with Gasteiger partial charge in [-0.05, 0) is 36.8 Å². The SMILES string of the molecule is COc1ccccc1CC1CCN(C(=O)C2=COCCO2)CC1. The Hall–Kier alpha value is -2.17. The Morgan fingerprint density at radius 2 is 2.04 bits per heavy atom. The molecule has 2 aliphatic rings. The average molecular weight is 317 g/mol. The molecule has 0 saturated carbocycles. The molecule has 5 heteroatoms. The zero-order chi connectivity index (χ0) is 16.1. The number of rotatable bonds is 4. The van der Waals surface area contributed by atoms with Crippen LogP contribution in [0.1, 0.15) is 18.4 Å². The van der Waals surface area contributed by atoms with Gasteiger partial charge in [-0.3, -0.25) is 4.79 Å². The molecule has 0 unspecified atom stereocenters. The van der Waals surface area contributed by atoms with Crippen LogP contribution in [0.5, 0.6) is 5.75 Å². The van der Waals surface area contributed by atoms with Crippen molar-refractivity contribution < 1.29 is 19.0 Å². The number of carbonyl (C=O) groups is 1. The number of ether oxygens (including phenoxy) is 3. The van der Waals surface area contributed by atoms with Crippen molar-refractivity contribution in [3.8, 4) is 5.75 Å². The van der Waals surface area contributed by atoms with Crippen LogP contribution in [-0.4, -0.2) is 44.2 Å². The van der Waals surface area contributed by atoms with Crippen LogP contribution in [0.4, 0.5) is 0 Å². The predicted molar refractivity (Wildman–Crippen MR) is 86.0 cm³/mol. The van der Waals surface area contributed by atoms with Crippen LogP contribution >= 0.6 is 0 Å². The van der Waals surface area contributed by atoms with Crippen molar-refractivity contribution in [1.29, 1.82) is 0 Å². The maximum Gasteiger partial charge on any atom is 0.292 e. The van der Waals surface area contributed by atoms with E-state index in [9.17, 15) is 4.79 Å². The number of piperidine rings is 1. The molecule has 3 rings (SSSR count). The Bertz CT molecular complexity index is 576. The lowest BCUT2D eigenvalue weighted by Crippen LogP contribution is -2.40. The smallest absolute Gasteiger partial charge is 0.292 e. The maximum atomic E-state index is 12.4. The first-order valence-electron chi connectivity index (χ1n) is 8.13. The summed E-state index contributed by atoms with van der Waals surface area (Å²) in [7, 11) is 1.71. The van der Waals surface area contributed by atoms with Crippen molar-refractivity contribution in [2.45, 2.75) is 19.3 Å². The largest absolute Gasteiger partial charge is 0.496 e. The van der Waals surface area contributed by atoms with Crippen LogP contribution in [0.15, 0.2) is 36.3 Å². The molecule has 1 aromatic rings. The van der Waals surface area contributed by atoms with Crippen molar-refractivity contribution in [2.24, 2.45) is 5.92 Å². The van der Waals surface area contributed by atoms with Crippen LogP contribution in [0.2, 0.25) is 0 Å². The molecule has 0 spiro atoms. The van der Waals surface area contributed by atoms with Gasteiger partial charge in [-0.2, -0.15) is 0 Å². The number of hydrogen-bond acceptors (Lipinski definition) is 4. The van der Waals surface area contributed by atoms with Gasteiger partial charge in [0, 0.05) is 13.1 Å². The fourth-order valence-corrected chi connectivity index (χ4v) is 3.16. The first-order valence-corrected chi connectivity index (χ1v) is 8.13. The highest BCUT2D eigenvalue weighted by molar-refractivity contribution is 5.91. The third kappa shape index (κ3) is 3.78. The second-order valence-electron chi connectivity index (χ2n) is 5.95. The topological polar surface area (TPSA) is 48.0 Å². The Morgan fingerprint density at radius 1 is 1.26 bits per heavy atom. The molecule has 1 amide bonds. The molecule has 23 heavy (non-hydrogen) atoms. The minimum absolute atomic E-state index is 0.0551. The minimum atomic E-state index is -0.0551. The Balaban J connectivity index is 1.54. The van der Waals surface area contributed by atoms with Crippen LogP contribution < -0.4 is 4.74 Å². The lowest BCUT2D eigenvalue weighted by atomic mass is 9.89. The van der Waals surface area contributed by atoms with Gasteiger partial charge >= 0.3 is 0 Å². The first kappa shape index (κ1) is 15.7. The molecule has 0 bridgehead atoms. The Kier molecular flexibility index (Phi) is 5.05. The van der Waals surface area contributed by atoms with Crippen molar-refractivity contribution in [3.05, 3.63) is 41.9 Å². The fraction of sp³-hybridized carbons (Fsp3) is 0.500. The van der Waals surface area contributed by atoms with E-state index in [0.29, 0.717) is 24.9 Å². The number of likely N-dealkylation sites (tertiary alicyclic amines) is 1. The van der Waals surface area contributed by atoms with Crippen LogP contribution in [0.3, 0.4) is 0 Å². The van der Waals surface area contributed by atoms with E-state index in [1.165, 1.54) is 11.8 Å². The quantitative estimate of drug-likeness (QED) is 0.855. The lowest BCUT2D eigenvalue weighted by Gasteiger charge is -2.33. The van der Waals surface area contributed by atoms with Gasteiger partial charge < -0.3 is 19.1 Å². The van der Waals surface area contributed by atoms with Gasteiger partial charge in [0.15, 0.2) is 0 Å². The fourth-order valence-electron chi connectivity index (χ4n) is 3.16. The number of methoxy groups -OCH3 is 1. The van der Waals surface area contributed by atoms with E-state index in [2.05, 4.69) is 6.07 Å². The zero-order valence-electron chi connectivity index (χ0n) is 13.5. The summed E-state index contributed by atoms with van der Waals surface area (Å²) in [6.45, 7) is 2.48. The molecule has 5 nitrogen and oxygen atoms in total. The summed E-state index contributed by atoms with van der Waals surface area (Å²) in [5.41, 5.74) is 1.24. The minimum Gasteiger partial charge on any atom is -0.496 e. The lowest BCUT2D eigenvalue weighted by molar-refractivity contribution is -0.133. The van der Waals surface area contributed by atoms with Crippen molar-refractivity contribution in [3.63, 3.8) is 0 Å². The molecule has 2 aliphatic heterocycles. The number of benzene rings is 1. The van der Waals surface area contributed by atoms with E-state index in [1.54, 1.807) is 7.11 Å². The van der Waals surface area contributed by atoms with E-state index < -0.39 is 0 Å². The summed E-state index contributed by atoms with van der Waals surface area (Å²) in [4.78, 5) is 14.2. The molecular formula is C18H23NO4. The number of para-hydroxylation sites is 1. The third-order valence-electron chi connectivity index (χ3n) is 4.46. The second kappa shape index (κ2) is 7.40. The summed E-state index contributed by atoms with van der Waals surface area (Å²) >= 11 is 0. The number of amides is 1. The first-order chi connectivity index (χ1) is 11.3. The van der Waals surface area contributed by atoms with Gasteiger partial charge in [-0.25, -0.2) is 0 Å². The molecule has 0 atom stereocenters. The van der Waals surface area contributed by atoms with E-state index in [0.717, 1.165) is 38.1 Å². The maximum absolute atomic E-state index is 12.4. The van der Waals surface area contributed by atoms with Gasteiger partial charge in [0.2, 0.25) is 5.76 Å². The van der Waals surface area contributed by atoms with E-state index >= 15 is 0 Å². The van der Waals surface area contributed by atoms with E-state index in [1.807, 2.05) is 23.1 Å². The molecule has 0 aliphatic carbocycles. The monoisotopic (exact) mass is 317 g/mol. The van der Waals surface area contributed by atoms with Gasteiger partial charge in [0.25, 0.3) is 5.91 Å². The van der Waals surface area contributed by atoms with Gasteiger partial charge in [0.05, 0.1) is 7.11 Å². The second-order valence-corrected chi connectivity index (χ2v) is 5.95. The normalized spacial score (nSPS) is 18.7. The van der Waals surface area contributed by atoms with Crippen molar-refractivity contribution >= 4 is 5.91 Å². The predicted octanol–water partition coefficient (Wildman–Crippen LogP) is 2.36. The third-order valence-corrected chi connectivity index (χ3v) is 4.46. The molecule has 1 saturated heterocycles. The molecule has 0 aromatic heterocycles. The van der Waals surface area contributed by atoms with Crippen LogP contribution in [0, 0.1) is 5.92 Å². The van der Waals surface area contributed by atoms with Crippen molar-refractivity contribution in [1.82, 2.24) is 4.90 Å². The molecule has 0 N–H and O–H groups in total. The molecule has 2 heterocycles. The zero-order valence-corrected chi connectivity index (χ0v) is 13.5. The number of carbonyl (C=O) groups excluding carboxylic acids is 1. The van der Waals surface area contributed by atoms with Gasteiger partial charge in [-0.1, -0.05) is 18.2 Å². The summed E-state index contributed by atoms with van der Waals surface area (Å²) in [6.07, 6.45) is 4.43. The van der Waals surface area contributed by atoms with E-state index in [-0.39, 0.29) is 5.91 Å². The summed E-state index contributed by atoms with van der Waals surface area (Å²) in [6, 6.07) is 8.15. The molecule has 1 fully saturated rings. The summed E-state index contributed by atoms with van der Waals surface area (Å²) in [5.74, 6) is 1.80. The molecule has 0 radical (unpaired) electrons. The highest BCUT2D eigenvalue weighted by atomic mass is 16.6. The average Bonchev–Trinajstić information content (AvgIpc) is 2.63. The highest BCUT2D eigenvalue weighted by Crippen LogP contribution is 2.27. The molecular weight excluding hydrogens is 294 g/mol. The Labute approximate surface area is 136 Å². The standard InChI is InChI=1S/C18H23NO4/c1-21-16-5-3-2-4-15(16)12-14-6-8-19(9-7-14)18(20)17-13-22-10-11-23-17/h2-5,13-14H,6-12H2,1H3. The summed E-state index contributed by atoms with van der Waals surface area (Å²) < 4.78 is 16.0. The van der Waals surface area contributed by atoms with Gasteiger partial charge in [0.1, 0.15) is 25.2 Å². The van der Waals surface area contributed by atoms with Crippen LogP contribution in [0.25, 0.3) is 0 Å². The summed E-state index contributed by atoms with van der Waals surface area (Å²) in [5, 5.41) is 0. The molecule has 124 valence electrons. The van der Waals surface area contributed by atoms with E-state index in [4.69, 9.17) is 14.2 Å². The Morgan fingerprint density at radius 3 is 2.74 bits per heavy atom. The van der Waals surface area contributed by atoms with Crippen LogP contribution in [-0.2, 0) is 20.7 Å². The highest BCUT2D eigenvalue weighted by Gasteiger charge is 2.27. The van der Waals surface area contributed by atoms with Gasteiger partial charge in [-0.15, -0.1) is 0 Å². The van der Waals surface area contributed by atoms with Crippen molar-refractivity contribution in [2.75, 3.05) is 33.4 Å².